The molecule has 20 nitrogen and oxygen atoms in total. The molecule has 90 heavy (non-hydrogen) atoms. The highest BCUT2D eigenvalue weighted by atomic mass is 19.4. The van der Waals surface area contributed by atoms with Gasteiger partial charge in [-0.25, -0.2) is 29.5 Å². The third kappa shape index (κ3) is 16.9. The summed E-state index contributed by atoms with van der Waals surface area (Å²) in [5.41, 5.74) is -0.909. The lowest BCUT2D eigenvalue weighted by Gasteiger charge is -2.30. The largest absolute Gasteiger partial charge is 0.481 e. The van der Waals surface area contributed by atoms with E-state index in [-0.39, 0.29) is 67.3 Å². The first-order chi connectivity index (χ1) is 41.8. The summed E-state index contributed by atoms with van der Waals surface area (Å²) in [6, 6.07) is 0.711. The number of aliphatic carboxylic acids is 1. The first-order valence-corrected chi connectivity index (χ1v) is 27.9. The highest BCUT2D eigenvalue weighted by Gasteiger charge is 2.44. The number of alkyl halides is 12. The molecule has 0 unspecified atom stereocenters. The van der Waals surface area contributed by atoms with Gasteiger partial charge in [-0.1, -0.05) is 13.8 Å². The SMILES string of the molecule is CC[C@@H]1C[C@H](N(Cc2cc(C(F)(F)F)cc(C(F)(F)F)c2)c2ncc(-c3cnn(C)c3)cn2)CN1C(=O)OCC(C)(C)C(=O)O.CC[C@@H]1C[C@H](N(Cc2cc(C(F)(F)F)cc(C(F)(F)F)c2)c2ncc(-c3cnn(C)c3)cn2)CN1C(=O)OCC(C)(C)C(N)=O. The second-order valence-electron chi connectivity index (χ2n) is 23.2. The number of primary amides is 1. The fraction of sp³-hybridized carbons (Fsp3) is 0.483. The zero-order valence-electron chi connectivity index (χ0n) is 49.8. The molecule has 3 N–H and O–H groups in total. The van der Waals surface area contributed by atoms with E-state index in [1.807, 2.05) is 6.92 Å². The number of nitrogens with two attached hydrogens (primary N) is 1. The van der Waals surface area contributed by atoms with Gasteiger partial charge in [-0.05, 0) is 101 Å². The van der Waals surface area contributed by atoms with E-state index in [4.69, 9.17) is 15.2 Å². The van der Waals surface area contributed by atoms with Gasteiger partial charge >= 0.3 is 42.9 Å². The number of ether oxygens (including phenoxy) is 2. The number of nitrogens with zero attached hydrogens (tertiary/aromatic N) is 12. The van der Waals surface area contributed by atoms with E-state index >= 15 is 0 Å². The standard InChI is InChI=1S/C29H33F6N7O3.C29H32F6N6O4/c1-5-22-9-23(15-42(22)26(44)45-16-27(2,3)24(36)43)41(25-37-10-18(11-38-25)19-12-39-40(4)14-19)13-17-6-20(28(30,31)32)8-21(7-17)29(33,34)35;1-5-22-9-23(15-41(22)26(44)45-16-27(2,3)24(42)43)40(25-36-10-18(11-37-25)19-12-38-39(4)14-19)13-17-6-20(28(30,31)32)8-21(7-17)29(33,34)35/h6-8,10-12,14,22-23H,5,9,13,15-16H2,1-4H3,(H2,36,43);6-8,10-12,14,22-23H,5,9,13,15-16H2,1-4H3,(H,42,43)/t2*22-,23+/m11/s1. The van der Waals surface area contributed by atoms with Crippen LogP contribution in [0.5, 0.6) is 0 Å². The third-order valence-electron chi connectivity index (χ3n) is 15.3. The summed E-state index contributed by atoms with van der Waals surface area (Å²) in [4.78, 5) is 72.7. The minimum absolute atomic E-state index is 0.00709. The molecule has 2 aliphatic rings. The van der Waals surface area contributed by atoms with Crippen molar-refractivity contribution in [3.05, 3.63) is 119 Å². The lowest BCUT2D eigenvalue weighted by molar-refractivity contribution is -0.149. The Hall–Kier alpha value is -8.74. The average Bonchev–Trinajstić information content (AvgIpc) is 1.38. The maximum Gasteiger partial charge on any atom is 0.416 e. The molecular formula is C58H65F12N13O7. The van der Waals surface area contributed by atoms with Gasteiger partial charge in [0.1, 0.15) is 13.2 Å². The van der Waals surface area contributed by atoms with Crippen molar-refractivity contribution in [1.82, 2.24) is 49.3 Å². The van der Waals surface area contributed by atoms with Crippen molar-refractivity contribution >= 4 is 36.0 Å². The second kappa shape index (κ2) is 26.8. The molecule has 2 aromatic carbocycles. The first-order valence-electron chi connectivity index (χ1n) is 27.9. The van der Waals surface area contributed by atoms with Gasteiger partial charge in [0.05, 0.1) is 57.6 Å². The Morgan fingerprint density at radius 2 is 0.856 bits per heavy atom. The van der Waals surface area contributed by atoms with Crippen molar-refractivity contribution in [3.63, 3.8) is 0 Å². The van der Waals surface area contributed by atoms with Gasteiger partial charge in [-0.3, -0.25) is 19.0 Å². The Balaban J connectivity index is 0.000000256. The Kier molecular flexibility index (Phi) is 20.4. The Bertz CT molecular complexity index is 3210. The van der Waals surface area contributed by atoms with E-state index in [1.165, 1.54) is 72.1 Å². The highest BCUT2D eigenvalue weighted by Crippen LogP contribution is 2.40. The van der Waals surface area contributed by atoms with E-state index in [0.29, 0.717) is 65.8 Å². The van der Waals surface area contributed by atoms with Crippen LogP contribution in [-0.2, 0) is 71.0 Å². The predicted molar refractivity (Wildman–Crippen MR) is 299 cm³/mol. The Labute approximate surface area is 508 Å². The molecule has 2 fully saturated rings. The summed E-state index contributed by atoms with van der Waals surface area (Å²) in [5.74, 6) is -1.77. The molecule has 488 valence electrons. The topological polar surface area (TPSA) is 233 Å². The molecule has 32 heteroatoms. The van der Waals surface area contributed by atoms with Crippen LogP contribution >= 0.6 is 0 Å². The van der Waals surface area contributed by atoms with Crippen LogP contribution in [0.1, 0.15) is 101 Å². The van der Waals surface area contributed by atoms with Gasteiger partial charge in [-0.15, -0.1) is 0 Å². The van der Waals surface area contributed by atoms with Crippen LogP contribution in [0.2, 0.25) is 0 Å². The van der Waals surface area contributed by atoms with Crippen LogP contribution in [0.3, 0.4) is 0 Å². The zero-order valence-corrected chi connectivity index (χ0v) is 49.8. The fourth-order valence-electron chi connectivity index (χ4n) is 9.96. The van der Waals surface area contributed by atoms with Crippen molar-refractivity contribution in [2.45, 2.75) is 129 Å². The number of carbonyl (C=O) groups is 4. The molecule has 0 bridgehead atoms. The molecule has 4 atom stereocenters. The van der Waals surface area contributed by atoms with Crippen LogP contribution in [0, 0.1) is 10.8 Å². The van der Waals surface area contributed by atoms with E-state index in [9.17, 15) is 77.0 Å². The number of benzene rings is 2. The minimum Gasteiger partial charge on any atom is -0.481 e. The highest BCUT2D eigenvalue weighted by molar-refractivity contribution is 5.80. The van der Waals surface area contributed by atoms with Crippen LogP contribution in [-0.4, -0.2) is 129 Å². The number of rotatable bonds is 18. The third-order valence-corrected chi connectivity index (χ3v) is 15.3. The van der Waals surface area contributed by atoms with Gasteiger partial charge in [0, 0.05) is 112 Å². The molecule has 8 rings (SSSR count). The zero-order chi connectivity index (χ0) is 66.6. The van der Waals surface area contributed by atoms with Gasteiger partial charge < -0.3 is 39.9 Å². The molecule has 2 saturated heterocycles. The number of hydrogen-bond acceptors (Lipinski definition) is 14. The van der Waals surface area contributed by atoms with Crippen molar-refractivity contribution in [1.29, 1.82) is 0 Å². The smallest absolute Gasteiger partial charge is 0.416 e. The van der Waals surface area contributed by atoms with Gasteiger partial charge in [-0.2, -0.15) is 62.9 Å². The van der Waals surface area contributed by atoms with Gasteiger partial charge in [0.15, 0.2) is 0 Å². The normalized spacial score (nSPS) is 17.4. The summed E-state index contributed by atoms with van der Waals surface area (Å²) >= 11 is 0. The van der Waals surface area contributed by atoms with Crippen LogP contribution in [0.15, 0.2) is 86.0 Å². The number of anilines is 2. The van der Waals surface area contributed by atoms with E-state index < -0.39 is 120 Å². The Morgan fingerprint density at radius 3 is 1.12 bits per heavy atom. The maximum absolute atomic E-state index is 13.6. The van der Waals surface area contributed by atoms with Crippen molar-refractivity contribution in [3.8, 4) is 22.3 Å². The summed E-state index contributed by atoms with van der Waals surface area (Å²) in [6.45, 7) is 7.89. The monoisotopic (exact) mass is 1280 g/mol. The number of likely N-dealkylation sites (tertiary alicyclic amines) is 2. The molecule has 6 aromatic rings. The van der Waals surface area contributed by atoms with Crippen LogP contribution < -0.4 is 15.5 Å². The van der Waals surface area contributed by atoms with Crippen molar-refractivity contribution < 1.29 is 86.4 Å². The molecule has 2 aliphatic heterocycles. The number of amides is 3. The number of aryl methyl sites for hydroxylation is 2. The average molecular weight is 1280 g/mol. The lowest BCUT2D eigenvalue weighted by atomic mass is 9.94. The van der Waals surface area contributed by atoms with Gasteiger partial charge in [0.25, 0.3) is 0 Å². The van der Waals surface area contributed by atoms with E-state index in [1.54, 1.807) is 55.2 Å². The number of hydrogen-bond donors (Lipinski definition) is 2. The first kappa shape index (κ1) is 68.7. The summed E-state index contributed by atoms with van der Waals surface area (Å²) in [6.07, 6.45) is -7.66. The number of aromatic nitrogens is 8. The molecule has 6 heterocycles. The van der Waals surface area contributed by atoms with E-state index in [0.717, 1.165) is 0 Å². The summed E-state index contributed by atoms with van der Waals surface area (Å²) in [7, 11) is 3.44. The number of halogens is 12. The van der Waals surface area contributed by atoms with Crippen LogP contribution in [0.4, 0.5) is 74.2 Å². The number of carboxylic acid groups (broad SMARTS) is 1. The predicted octanol–water partition coefficient (Wildman–Crippen LogP) is 11.4. The maximum atomic E-state index is 13.6. The van der Waals surface area contributed by atoms with Crippen LogP contribution in [0.25, 0.3) is 22.3 Å². The summed E-state index contributed by atoms with van der Waals surface area (Å²) < 4.78 is 178. The van der Waals surface area contributed by atoms with E-state index in [2.05, 4.69) is 30.1 Å². The van der Waals surface area contributed by atoms with Crippen molar-refractivity contribution in [2.75, 3.05) is 36.1 Å². The molecule has 4 aromatic heterocycles. The molecule has 0 spiro atoms. The number of carbonyl (C=O) groups excluding carboxylic acids is 3. The quantitative estimate of drug-likeness (QED) is 0.0762. The number of carboxylic acids is 1. The summed E-state index contributed by atoms with van der Waals surface area (Å²) in [5, 5.41) is 17.6. The van der Waals surface area contributed by atoms with Gasteiger partial charge in [0.2, 0.25) is 17.8 Å². The minimum atomic E-state index is -5.03. The molecule has 3 amide bonds. The molecule has 0 radical (unpaired) electrons. The second-order valence-corrected chi connectivity index (χ2v) is 23.2. The molecular weight excluding hydrogens is 1220 g/mol. The van der Waals surface area contributed by atoms with Crippen molar-refractivity contribution in [2.24, 2.45) is 30.7 Å². The fourth-order valence-corrected chi connectivity index (χ4v) is 9.96. The Morgan fingerprint density at radius 1 is 0.533 bits per heavy atom. The molecule has 0 saturated carbocycles. The lowest BCUT2D eigenvalue weighted by Crippen LogP contribution is -2.42. The molecule has 0 aliphatic carbocycles.